The molecule has 19 heavy (non-hydrogen) atoms. The maximum Gasteiger partial charge on any atom is 0.309 e. The van der Waals surface area contributed by atoms with Crippen LogP contribution in [0.1, 0.15) is 45.1 Å². The molecule has 0 spiro atoms. The Balaban J connectivity index is 2.20. The van der Waals surface area contributed by atoms with Crippen LogP contribution in [0.5, 0.6) is 0 Å². The van der Waals surface area contributed by atoms with Crippen LogP contribution in [0.3, 0.4) is 0 Å². The third-order valence-electron chi connectivity index (χ3n) is 4.45. The molecule has 0 saturated heterocycles. The van der Waals surface area contributed by atoms with Gasteiger partial charge in [-0.2, -0.15) is 0 Å². The lowest BCUT2D eigenvalue weighted by Crippen LogP contribution is -2.39. The number of halogens is 1. The maximum absolute atomic E-state index is 13.2. The van der Waals surface area contributed by atoms with Crippen LogP contribution < -0.4 is 0 Å². The van der Waals surface area contributed by atoms with E-state index >= 15 is 0 Å². The van der Waals surface area contributed by atoms with E-state index in [1.54, 1.807) is 6.07 Å². The third kappa shape index (κ3) is 3.14. The van der Waals surface area contributed by atoms with Gasteiger partial charge in [-0.1, -0.05) is 26.0 Å². The van der Waals surface area contributed by atoms with Gasteiger partial charge in [-0.3, -0.25) is 4.79 Å². The van der Waals surface area contributed by atoms with Crippen LogP contribution in [-0.4, -0.2) is 11.1 Å². The summed E-state index contributed by atoms with van der Waals surface area (Å²) in [6.45, 7) is 4.36. The van der Waals surface area contributed by atoms with Gasteiger partial charge in [-0.15, -0.1) is 0 Å². The zero-order valence-electron chi connectivity index (χ0n) is 11.6. The quantitative estimate of drug-likeness (QED) is 0.894. The summed E-state index contributed by atoms with van der Waals surface area (Å²) in [7, 11) is 0. The van der Waals surface area contributed by atoms with Gasteiger partial charge in [-0.05, 0) is 55.2 Å². The number of carbonyl (C=O) groups is 1. The van der Waals surface area contributed by atoms with E-state index in [9.17, 15) is 14.3 Å². The molecule has 1 aliphatic rings. The number of carboxylic acid groups (broad SMARTS) is 1. The van der Waals surface area contributed by atoms with Gasteiger partial charge in [0.15, 0.2) is 0 Å². The molecule has 1 aromatic carbocycles. The maximum atomic E-state index is 13.2. The Hall–Kier alpha value is -1.38. The molecule has 0 aromatic heterocycles. The van der Waals surface area contributed by atoms with Crippen molar-refractivity contribution in [2.45, 2.75) is 46.0 Å². The summed E-state index contributed by atoms with van der Waals surface area (Å²) in [5.74, 6) is -1.04. The lowest BCUT2D eigenvalue weighted by atomic mass is 9.63. The summed E-state index contributed by atoms with van der Waals surface area (Å²) in [6, 6.07) is 6.30. The number of hydrogen-bond donors (Lipinski definition) is 1. The second-order valence-corrected chi connectivity index (χ2v) is 6.56. The third-order valence-corrected chi connectivity index (χ3v) is 4.45. The highest BCUT2D eigenvalue weighted by Crippen LogP contribution is 2.46. The van der Waals surface area contributed by atoms with Crippen LogP contribution >= 0.6 is 0 Å². The largest absolute Gasteiger partial charge is 0.481 e. The molecule has 2 rings (SSSR count). The van der Waals surface area contributed by atoms with Crippen molar-refractivity contribution >= 4 is 5.97 Å². The van der Waals surface area contributed by atoms with Crippen molar-refractivity contribution in [3.63, 3.8) is 0 Å². The number of carboxylic acids is 1. The Morgan fingerprint density at radius 3 is 2.42 bits per heavy atom. The lowest BCUT2D eigenvalue weighted by molar-refractivity contribution is -0.152. The average Bonchev–Trinajstić information content (AvgIpc) is 2.32. The van der Waals surface area contributed by atoms with Crippen LogP contribution in [-0.2, 0) is 11.2 Å². The van der Waals surface area contributed by atoms with Crippen molar-refractivity contribution in [1.29, 1.82) is 0 Å². The Bertz CT molecular complexity index is 469. The molecule has 0 amide bonds. The van der Waals surface area contributed by atoms with E-state index in [2.05, 4.69) is 13.8 Å². The first-order valence-electron chi connectivity index (χ1n) is 6.81. The Labute approximate surface area is 113 Å². The van der Waals surface area contributed by atoms with Crippen molar-refractivity contribution in [2.75, 3.05) is 0 Å². The van der Waals surface area contributed by atoms with Crippen molar-refractivity contribution in [1.82, 2.24) is 0 Å². The zero-order chi connectivity index (χ0) is 14.1. The van der Waals surface area contributed by atoms with Gasteiger partial charge < -0.3 is 5.11 Å². The normalized spacial score (nSPS) is 21.0. The smallest absolute Gasteiger partial charge is 0.309 e. The fourth-order valence-corrected chi connectivity index (χ4v) is 2.91. The fourth-order valence-electron chi connectivity index (χ4n) is 2.91. The van der Waals surface area contributed by atoms with Crippen molar-refractivity contribution in [2.24, 2.45) is 10.8 Å². The zero-order valence-corrected chi connectivity index (χ0v) is 11.6. The summed E-state index contributed by atoms with van der Waals surface area (Å²) in [6.07, 6.45) is 3.59. The molecule has 1 aromatic rings. The standard InChI is InChI=1S/C16H21FO2/c1-15(2)6-8-16(9-7-15,14(18)19)11-12-4-3-5-13(17)10-12/h3-5,10H,6-9,11H2,1-2H3,(H,18,19). The monoisotopic (exact) mass is 264 g/mol. The van der Waals surface area contributed by atoms with Crippen LogP contribution in [0, 0.1) is 16.6 Å². The van der Waals surface area contributed by atoms with E-state index in [-0.39, 0.29) is 11.2 Å². The van der Waals surface area contributed by atoms with Crippen LogP contribution in [0.4, 0.5) is 4.39 Å². The minimum Gasteiger partial charge on any atom is -0.481 e. The minimum absolute atomic E-state index is 0.223. The van der Waals surface area contributed by atoms with Gasteiger partial charge in [0.2, 0.25) is 0 Å². The fraction of sp³-hybridized carbons (Fsp3) is 0.562. The predicted octanol–water partition coefficient (Wildman–Crippen LogP) is 4.04. The number of aliphatic carboxylic acids is 1. The Morgan fingerprint density at radius 2 is 1.89 bits per heavy atom. The predicted molar refractivity (Wildman–Crippen MR) is 72.4 cm³/mol. The van der Waals surface area contributed by atoms with E-state index in [0.29, 0.717) is 19.3 Å². The van der Waals surface area contributed by atoms with E-state index < -0.39 is 11.4 Å². The highest BCUT2D eigenvalue weighted by atomic mass is 19.1. The summed E-state index contributed by atoms with van der Waals surface area (Å²) in [5.41, 5.74) is 0.284. The molecule has 1 fully saturated rings. The molecular weight excluding hydrogens is 243 g/mol. The molecule has 1 saturated carbocycles. The van der Waals surface area contributed by atoms with Gasteiger partial charge in [0, 0.05) is 0 Å². The Kier molecular flexibility index (Phi) is 3.66. The SMILES string of the molecule is CC1(C)CCC(Cc2cccc(F)c2)(C(=O)O)CC1. The summed E-state index contributed by atoms with van der Waals surface area (Å²) >= 11 is 0. The highest BCUT2D eigenvalue weighted by molar-refractivity contribution is 5.75. The summed E-state index contributed by atoms with van der Waals surface area (Å²) in [4.78, 5) is 11.7. The lowest BCUT2D eigenvalue weighted by Gasteiger charge is -2.41. The molecule has 0 unspecified atom stereocenters. The van der Waals surface area contributed by atoms with Crippen molar-refractivity contribution in [3.8, 4) is 0 Å². The molecule has 0 heterocycles. The van der Waals surface area contributed by atoms with Gasteiger partial charge in [0.1, 0.15) is 5.82 Å². The molecule has 0 bridgehead atoms. The highest BCUT2D eigenvalue weighted by Gasteiger charge is 2.44. The molecule has 0 atom stereocenters. The molecule has 2 nitrogen and oxygen atoms in total. The van der Waals surface area contributed by atoms with E-state index in [1.807, 2.05) is 6.07 Å². The van der Waals surface area contributed by atoms with Crippen molar-refractivity contribution < 1.29 is 14.3 Å². The molecule has 0 radical (unpaired) electrons. The first-order chi connectivity index (χ1) is 8.83. The first-order valence-corrected chi connectivity index (χ1v) is 6.81. The second-order valence-electron chi connectivity index (χ2n) is 6.56. The summed E-state index contributed by atoms with van der Waals surface area (Å²) in [5, 5.41) is 9.60. The minimum atomic E-state index is -0.743. The molecule has 0 aliphatic heterocycles. The van der Waals surface area contributed by atoms with E-state index in [0.717, 1.165) is 18.4 Å². The topological polar surface area (TPSA) is 37.3 Å². The molecule has 1 N–H and O–H groups in total. The van der Waals surface area contributed by atoms with Gasteiger partial charge in [0.25, 0.3) is 0 Å². The van der Waals surface area contributed by atoms with Crippen LogP contribution in [0.2, 0.25) is 0 Å². The van der Waals surface area contributed by atoms with Gasteiger partial charge in [0.05, 0.1) is 5.41 Å². The van der Waals surface area contributed by atoms with Gasteiger partial charge in [-0.25, -0.2) is 4.39 Å². The number of rotatable bonds is 3. The molecule has 3 heteroatoms. The molecule has 104 valence electrons. The van der Waals surface area contributed by atoms with Crippen LogP contribution in [0.25, 0.3) is 0 Å². The first kappa shape index (κ1) is 14.0. The van der Waals surface area contributed by atoms with Crippen LogP contribution in [0.15, 0.2) is 24.3 Å². The number of benzene rings is 1. The van der Waals surface area contributed by atoms with Crippen molar-refractivity contribution in [3.05, 3.63) is 35.6 Å². The summed E-state index contributed by atoms with van der Waals surface area (Å²) < 4.78 is 13.2. The molecule has 1 aliphatic carbocycles. The Morgan fingerprint density at radius 1 is 1.26 bits per heavy atom. The average molecular weight is 264 g/mol. The van der Waals surface area contributed by atoms with E-state index in [1.165, 1.54) is 12.1 Å². The molecular formula is C16H21FO2. The second kappa shape index (κ2) is 4.95. The van der Waals surface area contributed by atoms with E-state index in [4.69, 9.17) is 0 Å². The number of hydrogen-bond acceptors (Lipinski definition) is 1. The van der Waals surface area contributed by atoms with Gasteiger partial charge >= 0.3 is 5.97 Å².